The monoisotopic (exact) mass is 313 g/mol. The normalized spacial score (nSPS) is 12.4. The van der Waals surface area contributed by atoms with E-state index in [1.54, 1.807) is 42.5 Å². The summed E-state index contributed by atoms with van der Waals surface area (Å²) in [4.78, 5) is 24.3. The van der Waals surface area contributed by atoms with Gasteiger partial charge in [0.15, 0.2) is 11.5 Å². The minimum absolute atomic E-state index is 0.283. The van der Waals surface area contributed by atoms with Gasteiger partial charge in [0.1, 0.15) is 13.2 Å². The Hall–Kier alpha value is -3.02. The van der Waals surface area contributed by atoms with E-state index in [1.807, 2.05) is 0 Å². The Morgan fingerprint density at radius 2 is 1.74 bits per heavy atom. The van der Waals surface area contributed by atoms with Crippen molar-refractivity contribution < 1.29 is 23.8 Å². The van der Waals surface area contributed by atoms with Gasteiger partial charge < -0.3 is 19.5 Å². The number of amides is 1. The van der Waals surface area contributed by atoms with Crippen molar-refractivity contribution in [3.05, 3.63) is 53.6 Å². The predicted octanol–water partition coefficient (Wildman–Crippen LogP) is 2.50. The predicted molar refractivity (Wildman–Crippen MR) is 83.2 cm³/mol. The summed E-state index contributed by atoms with van der Waals surface area (Å²) in [5, 5.41) is 2.72. The van der Waals surface area contributed by atoms with Crippen LogP contribution in [0.25, 0.3) is 0 Å². The topological polar surface area (TPSA) is 73.9 Å². The number of carbonyl (C=O) groups excluding carboxylic acids is 2. The average molecular weight is 313 g/mol. The second-order valence-electron chi connectivity index (χ2n) is 4.82. The quantitative estimate of drug-likeness (QED) is 0.881. The van der Waals surface area contributed by atoms with Gasteiger partial charge in [-0.2, -0.15) is 0 Å². The molecule has 0 aliphatic carbocycles. The average Bonchev–Trinajstić information content (AvgIpc) is 2.61. The summed E-state index contributed by atoms with van der Waals surface area (Å²) in [5.74, 6) is 0.0382. The summed E-state index contributed by atoms with van der Waals surface area (Å²) in [6.45, 7) is 0.833. The summed E-state index contributed by atoms with van der Waals surface area (Å²) < 4.78 is 15.7. The number of fused-ring (bicyclic) bond motifs is 1. The lowest BCUT2D eigenvalue weighted by Crippen LogP contribution is -2.21. The van der Waals surface area contributed by atoms with E-state index < -0.39 is 5.97 Å². The zero-order valence-corrected chi connectivity index (χ0v) is 12.5. The number of carbonyl (C=O) groups is 2. The third kappa shape index (κ3) is 2.96. The molecule has 6 nitrogen and oxygen atoms in total. The minimum atomic E-state index is -0.518. The summed E-state index contributed by atoms with van der Waals surface area (Å²) in [6.07, 6.45) is 0. The maximum atomic E-state index is 12.6. The SMILES string of the molecule is COC(=O)c1ccccc1NC(=O)c1cccc2c1OCCO2. The number of nitrogens with one attached hydrogen (secondary N) is 1. The van der Waals surface area contributed by atoms with Crippen LogP contribution in [0.5, 0.6) is 11.5 Å². The van der Waals surface area contributed by atoms with Crippen LogP contribution in [-0.2, 0) is 4.74 Å². The third-order valence-corrected chi connectivity index (χ3v) is 3.39. The molecule has 1 heterocycles. The van der Waals surface area contributed by atoms with Crippen molar-refractivity contribution in [2.75, 3.05) is 25.6 Å². The first-order valence-electron chi connectivity index (χ1n) is 7.08. The molecule has 23 heavy (non-hydrogen) atoms. The van der Waals surface area contributed by atoms with Crippen molar-refractivity contribution in [3.8, 4) is 11.5 Å². The zero-order chi connectivity index (χ0) is 16.2. The fourth-order valence-corrected chi connectivity index (χ4v) is 2.32. The first-order chi connectivity index (χ1) is 11.2. The molecule has 0 saturated heterocycles. The van der Waals surface area contributed by atoms with Gasteiger partial charge in [-0.15, -0.1) is 0 Å². The number of benzene rings is 2. The molecule has 0 aromatic heterocycles. The molecule has 0 unspecified atom stereocenters. The lowest BCUT2D eigenvalue weighted by atomic mass is 10.1. The second kappa shape index (κ2) is 6.39. The Morgan fingerprint density at radius 3 is 2.57 bits per heavy atom. The molecule has 2 aromatic rings. The maximum Gasteiger partial charge on any atom is 0.339 e. The zero-order valence-electron chi connectivity index (χ0n) is 12.5. The van der Waals surface area contributed by atoms with Crippen molar-refractivity contribution in [1.82, 2.24) is 0 Å². The van der Waals surface area contributed by atoms with Crippen molar-refractivity contribution in [2.24, 2.45) is 0 Å². The molecule has 1 aliphatic rings. The second-order valence-corrected chi connectivity index (χ2v) is 4.82. The van der Waals surface area contributed by atoms with Gasteiger partial charge in [-0.3, -0.25) is 4.79 Å². The minimum Gasteiger partial charge on any atom is -0.486 e. The first-order valence-corrected chi connectivity index (χ1v) is 7.08. The lowest BCUT2D eigenvalue weighted by molar-refractivity contribution is 0.0602. The van der Waals surface area contributed by atoms with Gasteiger partial charge in [0.05, 0.1) is 23.9 Å². The number of ether oxygens (including phenoxy) is 3. The largest absolute Gasteiger partial charge is 0.486 e. The summed E-state index contributed by atoms with van der Waals surface area (Å²) in [6, 6.07) is 11.7. The molecule has 0 fully saturated rings. The Bertz CT molecular complexity index is 756. The number of hydrogen-bond acceptors (Lipinski definition) is 5. The highest BCUT2D eigenvalue weighted by Crippen LogP contribution is 2.34. The van der Waals surface area contributed by atoms with E-state index in [-0.39, 0.29) is 11.5 Å². The molecule has 0 spiro atoms. The molecule has 1 aliphatic heterocycles. The molecular weight excluding hydrogens is 298 g/mol. The number of methoxy groups -OCH3 is 1. The van der Waals surface area contributed by atoms with E-state index in [0.29, 0.717) is 36.0 Å². The Morgan fingerprint density at radius 1 is 1.00 bits per heavy atom. The fraction of sp³-hybridized carbons (Fsp3) is 0.176. The van der Waals surface area contributed by atoms with Crippen LogP contribution in [0.15, 0.2) is 42.5 Å². The van der Waals surface area contributed by atoms with Crippen LogP contribution in [0.1, 0.15) is 20.7 Å². The van der Waals surface area contributed by atoms with Gasteiger partial charge in [0.25, 0.3) is 5.91 Å². The van der Waals surface area contributed by atoms with Gasteiger partial charge >= 0.3 is 5.97 Å². The lowest BCUT2D eigenvalue weighted by Gasteiger charge is -2.20. The number of anilines is 1. The van der Waals surface area contributed by atoms with E-state index in [1.165, 1.54) is 7.11 Å². The van der Waals surface area contributed by atoms with Gasteiger partial charge in [-0.05, 0) is 24.3 Å². The van der Waals surface area contributed by atoms with Crippen LogP contribution < -0.4 is 14.8 Å². The van der Waals surface area contributed by atoms with Crippen LogP contribution in [0, 0.1) is 0 Å². The summed E-state index contributed by atoms with van der Waals surface area (Å²) in [5.41, 5.74) is 1.01. The standard InChI is InChI=1S/C17H15NO5/c1-21-17(20)11-5-2-3-7-13(11)18-16(19)12-6-4-8-14-15(12)23-10-9-22-14/h2-8H,9-10H2,1H3,(H,18,19). The molecule has 3 rings (SSSR count). The van der Waals surface area contributed by atoms with Crippen LogP contribution in [0.2, 0.25) is 0 Å². The van der Waals surface area contributed by atoms with E-state index in [9.17, 15) is 9.59 Å². The number of hydrogen-bond donors (Lipinski definition) is 1. The fourth-order valence-electron chi connectivity index (χ4n) is 2.32. The van der Waals surface area contributed by atoms with Crippen LogP contribution in [0.3, 0.4) is 0 Å². The molecule has 0 saturated carbocycles. The highest BCUT2D eigenvalue weighted by molar-refractivity contribution is 6.09. The Labute approximate surface area is 133 Å². The highest BCUT2D eigenvalue weighted by atomic mass is 16.6. The van der Waals surface area contributed by atoms with E-state index in [4.69, 9.17) is 14.2 Å². The molecule has 1 amide bonds. The van der Waals surface area contributed by atoms with Gasteiger partial charge in [0.2, 0.25) is 0 Å². The van der Waals surface area contributed by atoms with Crippen LogP contribution in [-0.4, -0.2) is 32.2 Å². The van der Waals surface area contributed by atoms with E-state index in [2.05, 4.69) is 5.32 Å². The van der Waals surface area contributed by atoms with Crippen LogP contribution >= 0.6 is 0 Å². The molecule has 6 heteroatoms. The Kier molecular flexibility index (Phi) is 4.14. The van der Waals surface area contributed by atoms with Gasteiger partial charge in [-0.25, -0.2) is 4.79 Å². The summed E-state index contributed by atoms with van der Waals surface area (Å²) in [7, 11) is 1.29. The Balaban J connectivity index is 1.90. The van der Waals surface area contributed by atoms with Crippen molar-refractivity contribution >= 4 is 17.6 Å². The molecular formula is C17H15NO5. The molecule has 2 aromatic carbocycles. The molecule has 118 valence electrons. The molecule has 0 radical (unpaired) electrons. The highest BCUT2D eigenvalue weighted by Gasteiger charge is 2.21. The van der Waals surface area contributed by atoms with E-state index >= 15 is 0 Å². The van der Waals surface area contributed by atoms with Gasteiger partial charge in [-0.1, -0.05) is 18.2 Å². The van der Waals surface area contributed by atoms with Crippen LogP contribution in [0.4, 0.5) is 5.69 Å². The molecule has 1 N–H and O–H groups in total. The maximum absolute atomic E-state index is 12.6. The van der Waals surface area contributed by atoms with E-state index in [0.717, 1.165) is 0 Å². The van der Waals surface area contributed by atoms with Gasteiger partial charge in [0, 0.05) is 0 Å². The molecule has 0 bridgehead atoms. The first kappa shape index (κ1) is 14.9. The number of esters is 1. The van der Waals surface area contributed by atoms with Crippen molar-refractivity contribution in [2.45, 2.75) is 0 Å². The van der Waals surface area contributed by atoms with Crippen molar-refractivity contribution in [3.63, 3.8) is 0 Å². The number of para-hydroxylation sites is 2. The number of rotatable bonds is 3. The third-order valence-electron chi connectivity index (χ3n) is 3.39. The van der Waals surface area contributed by atoms with Crippen molar-refractivity contribution in [1.29, 1.82) is 0 Å². The summed E-state index contributed by atoms with van der Waals surface area (Å²) >= 11 is 0. The molecule has 0 atom stereocenters. The smallest absolute Gasteiger partial charge is 0.339 e.